The van der Waals surface area contributed by atoms with Gasteiger partial charge in [0, 0.05) is 5.57 Å². The first-order valence-electron chi connectivity index (χ1n) is 5.95. The smallest absolute Gasteiger partial charge is 0.333 e. The number of unbranched alkanes of at least 4 members (excludes halogenated alkanes) is 1. The largest absolute Gasteiger partial charge is 0.463 e. The molecule has 16 heavy (non-hydrogen) atoms. The molecule has 0 heterocycles. The molecule has 0 aliphatic rings. The topological polar surface area (TPSA) is 26.3 Å². The van der Waals surface area contributed by atoms with Crippen LogP contribution in [0.2, 0.25) is 0 Å². The Labute approximate surface area is 98.7 Å². The Balaban J connectivity index is 4.20. The highest BCUT2D eigenvalue weighted by molar-refractivity contribution is 5.88. The second-order valence-corrected chi connectivity index (χ2v) is 3.37. The normalized spacial score (nSPS) is 12.6. The molecule has 2 nitrogen and oxygen atoms in total. The van der Waals surface area contributed by atoms with Crippen LogP contribution >= 0.6 is 0 Å². The number of ether oxygens (including phenoxy) is 1. The third kappa shape index (κ3) is 7.04. The minimum Gasteiger partial charge on any atom is -0.463 e. The summed E-state index contributed by atoms with van der Waals surface area (Å²) < 4.78 is 4.93. The molecule has 0 unspecified atom stereocenters. The van der Waals surface area contributed by atoms with Crippen molar-refractivity contribution in [2.75, 3.05) is 6.61 Å². The Kier molecular flexibility index (Phi) is 9.38. The van der Waals surface area contributed by atoms with Gasteiger partial charge in [0.2, 0.25) is 0 Å². The van der Waals surface area contributed by atoms with Crippen LogP contribution in [0.4, 0.5) is 0 Å². The lowest BCUT2D eigenvalue weighted by molar-refractivity contribution is -0.138. The molecule has 0 atom stereocenters. The van der Waals surface area contributed by atoms with E-state index in [9.17, 15) is 4.79 Å². The Hall–Kier alpha value is -1.31. The Morgan fingerprint density at radius 2 is 1.88 bits per heavy atom. The van der Waals surface area contributed by atoms with Crippen molar-refractivity contribution in [2.45, 2.75) is 40.0 Å². The molecule has 0 saturated carbocycles. The Morgan fingerprint density at radius 1 is 1.12 bits per heavy atom. The maximum absolute atomic E-state index is 11.4. The maximum atomic E-state index is 11.4. The van der Waals surface area contributed by atoms with Gasteiger partial charge in [0.25, 0.3) is 0 Å². The van der Waals surface area contributed by atoms with Gasteiger partial charge >= 0.3 is 5.97 Å². The van der Waals surface area contributed by atoms with Crippen molar-refractivity contribution in [1.82, 2.24) is 0 Å². The van der Waals surface area contributed by atoms with E-state index in [2.05, 4.69) is 13.0 Å². The first-order chi connectivity index (χ1) is 7.76. The predicted octanol–water partition coefficient (Wildman–Crippen LogP) is 3.80. The average molecular weight is 222 g/mol. The molecule has 0 aromatic rings. The molecule has 0 aromatic carbocycles. The van der Waals surface area contributed by atoms with E-state index in [4.69, 9.17) is 4.74 Å². The van der Waals surface area contributed by atoms with Crippen LogP contribution in [0.1, 0.15) is 40.0 Å². The van der Waals surface area contributed by atoms with Crippen molar-refractivity contribution in [2.24, 2.45) is 0 Å². The van der Waals surface area contributed by atoms with Gasteiger partial charge in [-0.1, -0.05) is 50.6 Å². The van der Waals surface area contributed by atoms with Crippen LogP contribution in [-0.2, 0) is 9.53 Å². The molecule has 0 aromatic heterocycles. The molecule has 0 bridgehead atoms. The lowest BCUT2D eigenvalue weighted by Gasteiger charge is -2.02. The summed E-state index contributed by atoms with van der Waals surface area (Å²) in [6, 6.07) is 0. The molecule has 90 valence electrons. The third-order valence-electron chi connectivity index (χ3n) is 2.03. The second kappa shape index (κ2) is 10.2. The molecule has 0 saturated heterocycles. The second-order valence-electron chi connectivity index (χ2n) is 3.37. The third-order valence-corrected chi connectivity index (χ3v) is 2.03. The fourth-order valence-electron chi connectivity index (χ4n) is 1.13. The molecule has 0 amide bonds. The monoisotopic (exact) mass is 222 g/mol. The fraction of sp³-hybridized carbons (Fsp3) is 0.500. The van der Waals surface area contributed by atoms with Gasteiger partial charge in [0.15, 0.2) is 0 Å². The van der Waals surface area contributed by atoms with Crippen LogP contribution in [0, 0.1) is 0 Å². The van der Waals surface area contributed by atoms with Crippen molar-refractivity contribution in [1.29, 1.82) is 0 Å². The standard InChI is InChI=1S/C14H22O2/c1-4-7-8-9-10-11-12-13(5-2)14(15)16-6-3/h8-12H,4-7H2,1-3H3. The van der Waals surface area contributed by atoms with Crippen LogP contribution in [0.3, 0.4) is 0 Å². The van der Waals surface area contributed by atoms with Crippen LogP contribution in [0.5, 0.6) is 0 Å². The number of esters is 1. The van der Waals surface area contributed by atoms with E-state index in [-0.39, 0.29) is 5.97 Å². The zero-order valence-corrected chi connectivity index (χ0v) is 10.5. The summed E-state index contributed by atoms with van der Waals surface area (Å²) >= 11 is 0. The Morgan fingerprint density at radius 3 is 2.44 bits per heavy atom. The summed E-state index contributed by atoms with van der Waals surface area (Å²) in [7, 11) is 0. The zero-order chi connectivity index (χ0) is 12.2. The quantitative estimate of drug-likeness (QED) is 0.372. The van der Waals surface area contributed by atoms with Crippen molar-refractivity contribution in [3.05, 3.63) is 36.0 Å². The molecular weight excluding hydrogens is 200 g/mol. The van der Waals surface area contributed by atoms with Gasteiger partial charge in [-0.05, 0) is 19.8 Å². The summed E-state index contributed by atoms with van der Waals surface area (Å²) in [4.78, 5) is 11.4. The van der Waals surface area contributed by atoms with Gasteiger partial charge in [-0.15, -0.1) is 0 Å². The zero-order valence-electron chi connectivity index (χ0n) is 10.5. The SMILES string of the molecule is CCCC=CC=CC=C(CC)C(=O)OCC. The molecular formula is C14H22O2. The summed E-state index contributed by atoms with van der Waals surface area (Å²) in [6.07, 6.45) is 12.7. The molecule has 0 aliphatic heterocycles. The van der Waals surface area contributed by atoms with Gasteiger partial charge in [0.05, 0.1) is 6.61 Å². The maximum Gasteiger partial charge on any atom is 0.333 e. The van der Waals surface area contributed by atoms with E-state index in [1.165, 1.54) is 0 Å². The molecule has 0 N–H and O–H groups in total. The van der Waals surface area contributed by atoms with Gasteiger partial charge in [-0.25, -0.2) is 4.79 Å². The highest BCUT2D eigenvalue weighted by Gasteiger charge is 2.05. The highest BCUT2D eigenvalue weighted by atomic mass is 16.5. The molecule has 0 spiro atoms. The molecule has 0 radical (unpaired) electrons. The number of allylic oxidation sites excluding steroid dienone is 5. The average Bonchev–Trinajstić information content (AvgIpc) is 2.28. The van der Waals surface area contributed by atoms with Crippen molar-refractivity contribution >= 4 is 5.97 Å². The number of rotatable bonds is 7. The van der Waals surface area contributed by atoms with E-state index < -0.39 is 0 Å². The van der Waals surface area contributed by atoms with E-state index in [0.29, 0.717) is 18.6 Å². The highest BCUT2D eigenvalue weighted by Crippen LogP contribution is 2.03. The number of carbonyl (C=O) groups excluding carboxylic acids is 1. The van der Waals surface area contributed by atoms with E-state index in [0.717, 1.165) is 12.8 Å². The van der Waals surface area contributed by atoms with Gasteiger partial charge < -0.3 is 4.74 Å². The van der Waals surface area contributed by atoms with Gasteiger partial charge in [-0.2, -0.15) is 0 Å². The number of hydrogen-bond donors (Lipinski definition) is 0. The fourth-order valence-corrected chi connectivity index (χ4v) is 1.13. The van der Waals surface area contributed by atoms with Crippen molar-refractivity contribution < 1.29 is 9.53 Å². The van der Waals surface area contributed by atoms with Crippen molar-refractivity contribution in [3.8, 4) is 0 Å². The lowest BCUT2D eigenvalue weighted by Crippen LogP contribution is -2.06. The summed E-state index contributed by atoms with van der Waals surface area (Å²) in [5.41, 5.74) is 0.710. The van der Waals surface area contributed by atoms with E-state index >= 15 is 0 Å². The molecule has 0 fully saturated rings. The van der Waals surface area contributed by atoms with Gasteiger partial charge in [-0.3, -0.25) is 0 Å². The van der Waals surface area contributed by atoms with Crippen LogP contribution in [0.15, 0.2) is 36.0 Å². The first-order valence-corrected chi connectivity index (χ1v) is 5.95. The van der Waals surface area contributed by atoms with E-state index in [1.807, 2.05) is 38.2 Å². The first kappa shape index (κ1) is 14.7. The van der Waals surface area contributed by atoms with Crippen LogP contribution in [0.25, 0.3) is 0 Å². The summed E-state index contributed by atoms with van der Waals surface area (Å²) in [6.45, 7) is 6.33. The molecule has 0 aliphatic carbocycles. The number of hydrogen-bond acceptors (Lipinski definition) is 2. The van der Waals surface area contributed by atoms with Crippen molar-refractivity contribution in [3.63, 3.8) is 0 Å². The lowest BCUT2D eigenvalue weighted by atomic mass is 10.2. The Bertz CT molecular complexity index is 272. The predicted molar refractivity (Wildman–Crippen MR) is 68.2 cm³/mol. The molecule has 2 heteroatoms. The number of carbonyl (C=O) groups is 1. The van der Waals surface area contributed by atoms with Crippen LogP contribution in [-0.4, -0.2) is 12.6 Å². The van der Waals surface area contributed by atoms with Gasteiger partial charge in [0.1, 0.15) is 0 Å². The minimum absolute atomic E-state index is 0.216. The molecule has 0 rings (SSSR count). The summed E-state index contributed by atoms with van der Waals surface area (Å²) in [5.74, 6) is -0.216. The summed E-state index contributed by atoms with van der Waals surface area (Å²) in [5, 5.41) is 0. The van der Waals surface area contributed by atoms with Crippen LogP contribution < -0.4 is 0 Å². The van der Waals surface area contributed by atoms with E-state index in [1.54, 1.807) is 0 Å². The minimum atomic E-state index is -0.216.